The van der Waals surface area contributed by atoms with E-state index in [2.05, 4.69) is 19.2 Å². The van der Waals surface area contributed by atoms with Crippen LogP contribution < -0.4 is 19.5 Å². The highest BCUT2D eigenvalue weighted by molar-refractivity contribution is 5.81. The third-order valence-electron chi connectivity index (χ3n) is 5.78. The molecule has 1 aliphatic heterocycles. The van der Waals surface area contributed by atoms with Crippen LogP contribution in [0.3, 0.4) is 0 Å². The number of para-hydroxylation sites is 1. The summed E-state index contributed by atoms with van der Waals surface area (Å²) in [6.07, 6.45) is 2.53. The highest BCUT2D eigenvalue weighted by atomic mass is 16.5. The van der Waals surface area contributed by atoms with Crippen LogP contribution in [-0.2, 0) is 4.79 Å². The van der Waals surface area contributed by atoms with Crippen LogP contribution in [0, 0.1) is 0 Å². The fraction of sp³-hybridized carbons (Fsp3) is 0.458. The molecule has 3 rings (SSSR count). The molecule has 0 saturated carbocycles. The summed E-state index contributed by atoms with van der Waals surface area (Å²) in [6.45, 7) is 6.22. The van der Waals surface area contributed by atoms with Crippen molar-refractivity contribution in [3.8, 4) is 17.2 Å². The Bertz CT molecular complexity index is 831. The molecule has 0 aromatic heterocycles. The van der Waals surface area contributed by atoms with E-state index < -0.39 is 6.10 Å². The summed E-state index contributed by atoms with van der Waals surface area (Å²) in [6, 6.07) is 15.2. The van der Waals surface area contributed by atoms with Gasteiger partial charge in [0.25, 0.3) is 5.91 Å². The third kappa shape index (κ3) is 4.66. The number of rotatable bonds is 8. The Labute approximate surface area is 173 Å². The summed E-state index contributed by atoms with van der Waals surface area (Å²) < 4.78 is 17.6. The second-order valence-electron chi connectivity index (χ2n) is 7.49. The van der Waals surface area contributed by atoms with Crippen molar-refractivity contribution in [2.45, 2.75) is 64.2 Å². The smallest absolute Gasteiger partial charge is 0.261 e. The van der Waals surface area contributed by atoms with E-state index in [1.165, 1.54) is 0 Å². The van der Waals surface area contributed by atoms with Crippen LogP contribution in [0.1, 0.15) is 58.1 Å². The number of hydrogen-bond donors (Lipinski definition) is 1. The molecule has 156 valence electrons. The number of ether oxygens (including phenoxy) is 3. The summed E-state index contributed by atoms with van der Waals surface area (Å²) in [7, 11) is 1.61. The first-order chi connectivity index (χ1) is 14.0. The molecule has 1 heterocycles. The zero-order chi connectivity index (χ0) is 20.9. The normalized spacial score (nSPS) is 18.1. The molecule has 2 aromatic rings. The van der Waals surface area contributed by atoms with Gasteiger partial charge in [-0.3, -0.25) is 4.79 Å². The van der Waals surface area contributed by atoms with Crippen molar-refractivity contribution in [1.29, 1.82) is 0 Å². The standard InChI is InChI=1S/C24H31NO4/c1-5-21(28-18-12-10-11-17(15-18)27-4)23(26)25-20-16-24(6-2,7-3)29-22-14-9-8-13-19(20)22/h8-15,20-21H,5-7,16H2,1-4H3,(H,25,26)/t20-,21+/m1/s1. The Hall–Kier alpha value is -2.69. The van der Waals surface area contributed by atoms with Crippen LogP contribution in [0.25, 0.3) is 0 Å². The minimum absolute atomic E-state index is 0.102. The van der Waals surface area contributed by atoms with Gasteiger partial charge in [-0.15, -0.1) is 0 Å². The first kappa shape index (κ1) is 21.0. The predicted molar refractivity (Wildman–Crippen MR) is 114 cm³/mol. The summed E-state index contributed by atoms with van der Waals surface area (Å²) in [5.41, 5.74) is 0.761. The van der Waals surface area contributed by atoms with Crippen LogP contribution in [0.5, 0.6) is 17.2 Å². The van der Waals surface area contributed by atoms with E-state index >= 15 is 0 Å². The Kier molecular flexibility index (Phi) is 6.68. The van der Waals surface area contributed by atoms with Gasteiger partial charge in [0.1, 0.15) is 22.8 Å². The van der Waals surface area contributed by atoms with E-state index in [4.69, 9.17) is 14.2 Å². The molecule has 0 spiro atoms. The topological polar surface area (TPSA) is 56.8 Å². The zero-order valence-corrected chi connectivity index (χ0v) is 17.7. The molecule has 2 atom stereocenters. The summed E-state index contributed by atoms with van der Waals surface area (Å²) in [5, 5.41) is 3.22. The second kappa shape index (κ2) is 9.21. The fourth-order valence-electron chi connectivity index (χ4n) is 3.86. The van der Waals surface area contributed by atoms with Crippen molar-refractivity contribution in [1.82, 2.24) is 5.32 Å². The number of hydrogen-bond acceptors (Lipinski definition) is 4. The van der Waals surface area contributed by atoms with Gasteiger partial charge in [0.05, 0.1) is 13.2 Å². The van der Waals surface area contributed by atoms with Gasteiger partial charge in [-0.2, -0.15) is 0 Å². The van der Waals surface area contributed by atoms with Crippen LogP contribution in [0.4, 0.5) is 0 Å². The number of benzene rings is 2. The molecule has 0 bridgehead atoms. The first-order valence-corrected chi connectivity index (χ1v) is 10.4. The van der Waals surface area contributed by atoms with Gasteiger partial charge in [-0.05, 0) is 37.5 Å². The minimum Gasteiger partial charge on any atom is -0.497 e. The van der Waals surface area contributed by atoms with E-state index in [9.17, 15) is 4.79 Å². The molecule has 0 radical (unpaired) electrons. The van der Waals surface area contributed by atoms with Crippen molar-refractivity contribution < 1.29 is 19.0 Å². The molecule has 0 unspecified atom stereocenters. The molecular weight excluding hydrogens is 366 g/mol. The van der Waals surface area contributed by atoms with E-state index in [-0.39, 0.29) is 17.6 Å². The lowest BCUT2D eigenvalue weighted by atomic mass is 9.83. The molecule has 2 aromatic carbocycles. The lowest BCUT2D eigenvalue weighted by Crippen LogP contribution is -2.47. The Balaban J connectivity index is 1.78. The van der Waals surface area contributed by atoms with Crippen LogP contribution in [0.2, 0.25) is 0 Å². The maximum atomic E-state index is 13.1. The van der Waals surface area contributed by atoms with Crippen molar-refractivity contribution in [2.24, 2.45) is 0 Å². The molecule has 1 N–H and O–H groups in total. The van der Waals surface area contributed by atoms with Crippen molar-refractivity contribution in [2.75, 3.05) is 7.11 Å². The monoisotopic (exact) mass is 397 g/mol. The Morgan fingerprint density at radius 1 is 1.14 bits per heavy atom. The second-order valence-corrected chi connectivity index (χ2v) is 7.49. The summed E-state index contributed by atoms with van der Waals surface area (Å²) in [4.78, 5) is 13.1. The number of nitrogens with one attached hydrogen (secondary N) is 1. The number of carbonyl (C=O) groups excluding carboxylic acids is 1. The quantitative estimate of drug-likeness (QED) is 0.677. The van der Waals surface area contributed by atoms with Crippen molar-refractivity contribution in [3.05, 3.63) is 54.1 Å². The summed E-state index contributed by atoms with van der Waals surface area (Å²) in [5.74, 6) is 2.06. The molecular formula is C24H31NO4. The van der Waals surface area contributed by atoms with Gasteiger partial charge < -0.3 is 19.5 Å². The molecule has 5 heteroatoms. The van der Waals surface area contributed by atoms with E-state index in [0.717, 1.165) is 30.6 Å². The number of amides is 1. The van der Waals surface area contributed by atoms with Gasteiger partial charge in [-0.25, -0.2) is 0 Å². The lowest BCUT2D eigenvalue weighted by Gasteiger charge is -2.42. The van der Waals surface area contributed by atoms with E-state index in [1.54, 1.807) is 13.2 Å². The highest BCUT2D eigenvalue weighted by Crippen LogP contribution is 2.42. The Morgan fingerprint density at radius 2 is 1.86 bits per heavy atom. The average Bonchev–Trinajstić information content (AvgIpc) is 2.77. The largest absolute Gasteiger partial charge is 0.497 e. The molecule has 1 amide bonds. The van der Waals surface area contributed by atoms with Gasteiger partial charge in [0, 0.05) is 18.1 Å². The maximum absolute atomic E-state index is 13.1. The van der Waals surface area contributed by atoms with Crippen molar-refractivity contribution in [3.63, 3.8) is 0 Å². The molecule has 29 heavy (non-hydrogen) atoms. The van der Waals surface area contributed by atoms with Gasteiger partial charge in [-0.1, -0.05) is 45.0 Å². The minimum atomic E-state index is -0.574. The van der Waals surface area contributed by atoms with Gasteiger partial charge in [0.15, 0.2) is 6.10 Å². The van der Waals surface area contributed by atoms with Crippen LogP contribution >= 0.6 is 0 Å². The van der Waals surface area contributed by atoms with Crippen molar-refractivity contribution >= 4 is 5.91 Å². The maximum Gasteiger partial charge on any atom is 0.261 e. The molecule has 0 saturated heterocycles. The highest BCUT2D eigenvalue weighted by Gasteiger charge is 2.39. The van der Waals surface area contributed by atoms with E-state index in [1.807, 2.05) is 49.4 Å². The predicted octanol–water partition coefficient (Wildman–Crippen LogP) is 5.05. The molecule has 0 fully saturated rings. The lowest BCUT2D eigenvalue weighted by molar-refractivity contribution is -0.129. The van der Waals surface area contributed by atoms with Gasteiger partial charge >= 0.3 is 0 Å². The SMILES string of the molecule is CC[C@H](Oc1cccc(OC)c1)C(=O)N[C@@H]1CC(CC)(CC)Oc2ccccc21. The van der Waals surface area contributed by atoms with Crippen LogP contribution in [0.15, 0.2) is 48.5 Å². The third-order valence-corrected chi connectivity index (χ3v) is 5.78. The Morgan fingerprint density at radius 3 is 2.55 bits per heavy atom. The fourth-order valence-corrected chi connectivity index (χ4v) is 3.86. The molecule has 0 aliphatic carbocycles. The van der Waals surface area contributed by atoms with Crippen LogP contribution in [-0.4, -0.2) is 24.7 Å². The number of methoxy groups -OCH3 is 1. The first-order valence-electron chi connectivity index (χ1n) is 10.4. The molecule has 5 nitrogen and oxygen atoms in total. The van der Waals surface area contributed by atoms with E-state index in [0.29, 0.717) is 17.9 Å². The van der Waals surface area contributed by atoms with Gasteiger partial charge in [0.2, 0.25) is 0 Å². The number of fused-ring (bicyclic) bond motifs is 1. The average molecular weight is 398 g/mol. The summed E-state index contributed by atoms with van der Waals surface area (Å²) >= 11 is 0. The zero-order valence-electron chi connectivity index (χ0n) is 17.7. The molecule has 1 aliphatic rings. The number of carbonyl (C=O) groups is 1.